The number of hydrogen-bond donors (Lipinski definition) is 2. The number of nitrogens with one attached hydrogen (secondary N) is 2. The van der Waals surface area contributed by atoms with E-state index in [1.807, 2.05) is 13.8 Å². The molecule has 0 saturated carbocycles. The molecule has 2 aromatic heterocycles. The van der Waals surface area contributed by atoms with Crippen LogP contribution >= 0.6 is 11.5 Å². The molecular formula is C15H23N5OS. The van der Waals surface area contributed by atoms with Gasteiger partial charge in [0.25, 0.3) is 5.56 Å². The summed E-state index contributed by atoms with van der Waals surface area (Å²) < 4.78 is 4.34. The van der Waals surface area contributed by atoms with Crippen LogP contribution in [0.3, 0.4) is 0 Å². The van der Waals surface area contributed by atoms with Gasteiger partial charge in [0.15, 0.2) is 0 Å². The Balaban J connectivity index is 2.14. The molecular weight excluding hydrogens is 298 g/mol. The van der Waals surface area contributed by atoms with E-state index in [-0.39, 0.29) is 5.56 Å². The number of aryl methyl sites for hydroxylation is 1. The van der Waals surface area contributed by atoms with Crippen LogP contribution in [0.2, 0.25) is 0 Å². The lowest BCUT2D eigenvalue weighted by atomic mass is 10.0. The van der Waals surface area contributed by atoms with Gasteiger partial charge < -0.3 is 5.32 Å². The predicted molar refractivity (Wildman–Crippen MR) is 89.4 cm³/mol. The molecule has 120 valence electrons. The number of rotatable bonds is 7. The van der Waals surface area contributed by atoms with Crippen molar-refractivity contribution in [3.05, 3.63) is 33.0 Å². The zero-order valence-electron chi connectivity index (χ0n) is 13.6. The van der Waals surface area contributed by atoms with Crippen molar-refractivity contribution in [2.75, 3.05) is 5.32 Å². The van der Waals surface area contributed by atoms with Crippen LogP contribution in [0.1, 0.15) is 50.3 Å². The highest BCUT2D eigenvalue weighted by atomic mass is 32.1. The number of aromatic amines is 1. The van der Waals surface area contributed by atoms with Gasteiger partial charge in [-0.05, 0) is 24.3 Å². The number of nitrogens with zero attached hydrogens (tertiary/aromatic N) is 3. The van der Waals surface area contributed by atoms with E-state index in [1.54, 1.807) is 0 Å². The van der Waals surface area contributed by atoms with Gasteiger partial charge in [-0.1, -0.05) is 27.7 Å². The van der Waals surface area contributed by atoms with E-state index < -0.39 is 0 Å². The summed E-state index contributed by atoms with van der Waals surface area (Å²) in [5.41, 5.74) is 2.60. The standard InChI is InChI=1S/C15H23N5OS/c1-5-10-11(14(21)19-18-12(10)6-2)8-16-15-17-13(20-22-15)7-9(3)4/h9H,5-8H2,1-4H3,(H,19,21)(H,16,17,20). The Hall–Kier alpha value is -1.76. The average Bonchev–Trinajstić information content (AvgIpc) is 2.92. The zero-order valence-corrected chi connectivity index (χ0v) is 14.4. The normalized spacial score (nSPS) is 11.1. The minimum atomic E-state index is -0.131. The highest BCUT2D eigenvalue weighted by Gasteiger charge is 2.13. The molecule has 22 heavy (non-hydrogen) atoms. The first-order chi connectivity index (χ1) is 10.5. The molecule has 2 heterocycles. The quantitative estimate of drug-likeness (QED) is 0.819. The van der Waals surface area contributed by atoms with Gasteiger partial charge in [-0.25, -0.2) is 10.1 Å². The van der Waals surface area contributed by atoms with Crippen molar-refractivity contribution in [2.45, 2.75) is 53.5 Å². The number of H-pyrrole nitrogens is 1. The monoisotopic (exact) mass is 321 g/mol. The number of anilines is 1. The van der Waals surface area contributed by atoms with Gasteiger partial charge in [0.2, 0.25) is 5.13 Å². The molecule has 0 unspecified atom stereocenters. The van der Waals surface area contributed by atoms with E-state index in [9.17, 15) is 4.79 Å². The van der Waals surface area contributed by atoms with E-state index in [0.29, 0.717) is 12.5 Å². The maximum Gasteiger partial charge on any atom is 0.269 e. The molecule has 0 aliphatic heterocycles. The second-order valence-corrected chi connectivity index (χ2v) is 6.38. The Kier molecular flexibility index (Phi) is 5.65. The van der Waals surface area contributed by atoms with Gasteiger partial charge in [-0.3, -0.25) is 4.79 Å². The first kappa shape index (κ1) is 16.6. The minimum absolute atomic E-state index is 0.131. The summed E-state index contributed by atoms with van der Waals surface area (Å²) in [6.07, 6.45) is 2.48. The molecule has 0 bridgehead atoms. The lowest BCUT2D eigenvalue weighted by molar-refractivity contribution is 0.627. The Labute approximate surface area is 134 Å². The summed E-state index contributed by atoms with van der Waals surface area (Å²) in [4.78, 5) is 16.5. The maximum absolute atomic E-state index is 12.0. The minimum Gasteiger partial charge on any atom is -0.356 e. The molecule has 0 aliphatic carbocycles. The summed E-state index contributed by atoms with van der Waals surface area (Å²) in [7, 11) is 0. The van der Waals surface area contributed by atoms with Crippen LogP contribution in [-0.2, 0) is 25.8 Å². The van der Waals surface area contributed by atoms with Crippen LogP contribution in [0.5, 0.6) is 0 Å². The Morgan fingerprint density at radius 3 is 2.64 bits per heavy atom. The van der Waals surface area contributed by atoms with Gasteiger partial charge in [-0.2, -0.15) is 9.47 Å². The third-order valence-electron chi connectivity index (χ3n) is 3.44. The van der Waals surface area contributed by atoms with Crippen LogP contribution in [0, 0.1) is 5.92 Å². The molecule has 0 aliphatic rings. The summed E-state index contributed by atoms with van der Waals surface area (Å²) in [6.45, 7) is 8.82. The summed E-state index contributed by atoms with van der Waals surface area (Å²) in [5, 5.41) is 10.7. The average molecular weight is 321 g/mol. The fourth-order valence-electron chi connectivity index (χ4n) is 2.40. The lowest BCUT2D eigenvalue weighted by Crippen LogP contribution is -2.22. The fraction of sp³-hybridized carbons (Fsp3) is 0.600. The molecule has 0 radical (unpaired) electrons. The predicted octanol–water partition coefficient (Wildman–Crippen LogP) is 2.56. The van der Waals surface area contributed by atoms with Crippen molar-refractivity contribution in [3.8, 4) is 0 Å². The molecule has 6 nitrogen and oxygen atoms in total. The second kappa shape index (κ2) is 7.49. The topological polar surface area (TPSA) is 83.6 Å². The maximum atomic E-state index is 12.0. The summed E-state index contributed by atoms with van der Waals surface area (Å²) in [5.74, 6) is 1.39. The summed E-state index contributed by atoms with van der Waals surface area (Å²) in [6, 6.07) is 0. The Morgan fingerprint density at radius 1 is 1.23 bits per heavy atom. The first-order valence-corrected chi connectivity index (χ1v) is 8.48. The molecule has 2 aromatic rings. The molecule has 2 N–H and O–H groups in total. The van der Waals surface area contributed by atoms with Gasteiger partial charge >= 0.3 is 0 Å². The third kappa shape index (κ3) is 3.91. The van der Waals surface area contributed by atoms with Crippen LogP contribution in [0.4, 0.5) is 5.13 Å². The van der Waals surface area contributed by atoms with Crippen molar-refractivity contribution in [2.24, 2.45) is 5.92 Å². The first-order valence-electron chi connectivity index (χ1n) is 7.70. The van der Waals surface area contributed by atoms with Crippen molar-refractivity contribution in [3.63, 3.8) is 0 Å². The number of aromatic nitrogens is 4. The van der Waals surface area contributed by atoms with Crippen LogP contribution in [0.15, 0.2) is 4.79 Å². The SMILES string of the molecule is CCc1n[nH]c(=O)c(CNc2nc(CC(C)C)ns2)c1CC. The summed E-state index contributed by atoms with van der Waals surface area (Å²) >= 11 is 1.34. The molecule has 0 aromatic carbocycles. The zero-order chi connectivity index (χ0) is 16.1. The lowest BCUT2D eigenvalue weighted by Gasteiger charge is -2.10. The van der Waals surface area contributed by atoms with Gasteiger partial charge in [0.1, 0.15) is 5.82 Å². The Bertz CT molecular complexity index is 677. The van der Waals surface area contributed by atoms with Crippen molar-refractivity contribution in [1.82, 2.24) is 19.6 Å². The van der Waals surface area contributed by atoms with Crippen molar-refractivity contribution in [1.29, 1.82) is 0 Å². The number of hydrogen-bond acceptors (Lipinski definition) is 6. The highest BCUT2D eigenvalue weighted by molar-refractivity contribution is 7.09. The fourth-order valence-corrected chi connectivity index (χ4v) is 2.99. The molecule has 2 rings (SSSR count). The van der Waals surface area contributed by atoms with Crippen molar-refractivity contribution < 1.29 is 0 Å². The van der Waals surface area contributed by atoms with E-state index in [2.05, 4.69) is 38.7 Å². The van der Waals surface area contributed by atoms with Gasteiger partial charge in [0.05, 0.1) is 5.69 Å². The molecule has 0 spiro atoms. The third-order valence-corrected chi connectivity index (χ3v) is 4.15. The molecule has 0 fully saturated rings. The van der Waals surface area contributed by atoms with Gasteiger partial charge in [0, 0.05) is 30.1 Å². The van der Waals surface area contributed by atoms with E-state index in [0.717, 1.165) is 47.0 Å². The molecule has 0 amide bonds. The second-order valence-electron chi connectivity index (χ2n) is 5.63. The van der Waals surface area contributed by atoms with Gasteiger partial charge in [-0.15, -0.1) is 0 Å². The van der Waals surface area contributed by atoms with Crippen LogP contribution < -0.4 is 10.9 Å². The molecule has 0 saturated heterocycles. The molecule has 0 atom stereocenters. The Morgan fingerprint density at radius 2 is 2.00 bits per heavy atom. The largest absolute Gasteiger partial charge is 0.356 e. The highest BCUT2D eigenvalue weighted by Crippen LogP contribution is 2.16. The van der Waals surface area contributed by atoms with Crippen molar-refractivity contribution >= 4 is 16.7 Å². The van der Waals surface area contributed by atoms with E-state index in [4.69, 9.17) is 0 Å². The van der Waals surface area contributed by atoms with E-state index >= 15 is 0 Å². The van der Waals surface area contributed by atoms with E-state index in [1.165, 1.54) is 11.5 Å². The smallest absolute Gasteiger partial charge is 0.269 e. The van der Waals surface area contributed by atoms with Crippen LogP contribution in [0.25, 0.3) is 0 Å². The van der Waals surface area contributed by atoms with Crippen LogP contribution in [-0.4, -0.2) is 19.6 Å². The molecule has 7 heteroatoms.